The summed E-state index contributed by atoms with van der Waals surface area (Å²) in [6.45, 7) is 3.36. The van der Waals surface area contributed by atoms with E-state index in [2.05, 4.69) is 13.0 Å². The predicted molar refractivity (Wildman–Crippen MR) is 46.9 cm³/mol. The lowest BCUT2D eigenvalue weighted by Crippen LogP contribution is -2.22. The van der Waals surface area contributed by atoms with E-state index in [0.29, 0.717) is 5.92 Å². The largest absolute Gasteiger partial charge is 0.392 e. The summed E-state index contributed by atoms with van der Waals surface area (Å²) in [5.41, 5.74) is 1.38. The number of hydrogen-bond acceptors (Lipinski definition) is 2. The van der Waals surface area contributed by atoms with Gasteiger partial charge in [0, 0.05) is 0 Å². The molecule has 1 fully saturated rings. The van der Waals surface area contributed by atoms with Crippen LogP contribution in [0.1, 0.15) is 26.2 Å². The highest BCUT2D eigenvalue weighted by Gasteiger charge is 2.46. The van der Waals surface area contributed by atoms with Crippen LogP contribution in [0.2, 0.25) is 0 Å². The van der Waals surface area contributed by atoms with Crippen molar-refractivity contribution < 1.29 is 9.84 Å². The van der Waals surface area contributed by atoms with E-state index in [1.165, 1.54) is 12.0 Å². The minimum Gasteiger partial charge on any atom is -0.392 e. The molecule has 2 aliphatic rings. The zero-order chi connectivity index (χ0) is 8.60. The van der Waals surface area contributed by atoms with Gasteiger partial charge in [-0.25, -0.2) is 0 Å². The third kappa shape index (κ3) is 1.41. The second-order valence-electron chi connectivity index (χ2n) is 4.09. The fourth-order valence-electron chi connectivity index (χ4n) is 1.94. The highest BCUT2D eigenvalue weighted by molar-refractivity contribution is 5.10. The number of epoxide rings is 1. The van der Waals surface area contributed by atoms with Gasteiger partial charge in [-0.15, -0.1) is 0 Å². The van der Waals surface area contributed by atoms with Crippen LogP contribution in [-0.2, 0) is 4.74 Å². The van der Waals surface area contributed by atoms with Crippen LogP contribution in [0.25, 0.3) is 0 Å². The Kier molecular flexibility index (Phi) is 1.97. The van der Waals surface area contributed by atoms with Gasteiger partial charge in [0.2, 0.25) is 0 Å². The lowest BCUT2D eigenvalue weighted by molar-refractivity contribution is 0.216. The van der Waals surface area contributed by atoms with Crippen molar-refractivity contribution >= 4 is 0 Å². The Hall–Kier alpha value is -0.340. The topological polar surface area (TPSA) is 32.8 Å². The Balaban J connectivity index is 1.94. The summed E-state index contributed by atoms with van der Waals surface area (Å²) in [6, 6.07) is 0. The van der Waals surface area contributed by atoms with E-state index in [1.54, 1.807) is 0 Å². The molecule has 0 spiro atoms. The number of aliphatic hydroxyl groups excluding tert-OH is 1. The molecule has 1 heterocycles. The second-order valence-corrected chi connectivity index (χ2v) is 4.09. The summed E-state index contributed by atoms with van der Waals surface area (Å²) in [6.07, 6.45) is 5.51. The lowest BCUT2D eigenvalue weighted by Gasteiger charge is -2.24. The first-order valence-corrected chi connectivity index (χ1v) is 4.67. The number of hydrogen-bond donors (Lipinski definition) is 1. The molecule has 2 atom stereocenters. The maximum absolute atomic E-state index is 8.90. The fourth-order valence-corrected chi connectivity index (χ4v) is 1.94. The van der Waals surface area contributed by atoms with E-state index >= 15 is 0 Å². The number of rotatable bonds is 2. The highest BCUT2D eigenvalue weighted by atomic mass is 16.6. The third-order valence-corrected chi connectivity index (χ3v) is 3.17. The van der Waals surface area contributed by atoms with Crippen LogP contribution in [-0.4, -0.2) is 23.9 Å². The van der Waals surface area contributed by atoms with Gasteiger partial charge in [-0.2, -0.15) is 0 Å². The smallest absolute Gasteiger partial charge is 0.0919 e. The minimum absolute atomic E-state index is 0.178. The first-order chi connectivity index (χ1) is 5.74. The van der Waals surface area contributed by atoms with E-state index in [4.69, 9.17) is 9.84 Å². The van der Waals surface area contributed by atoms with Crippen LogP contribution >= 0.6 is 0 Å². The van der Waals surface area contributed by atoms with E-state index in [-0.39, 0.29) is 12.2 Å². The van der Waals surface area contributed by atoms with Crippen molar-refractivity contribution in [1.82, 2.24) is 0 Å². The van der Waals surface area contributed by atoms with Crippen molar-refractivity contribution in [2.75, 3.05) is 13.2 Å². The third-order valence-electron chi connectivity index (χ3n) is 3.17. The molecular formula is C10H16O2. The zero-order valence-electron chi connectivity index (χ0n) is 7.55. The molecule has 0 aromatic heterocycles. The number of aliphatic hydroxyl groups is 1. The molecule has 0 radical (unpaired) electrons. The first-order valence-electron chi connectivity index (χ1n) is 4.67. The van der Waals surface area contributed by atoms with Crippen molar-refractivity contribution in [2.24, 2.45) is 5.92 Å². The van der Waals surface area contributed by atoms with Crippen LogP contribution in [0.3, 0.4) is 0 Å². The molecular weight excluding hydrogens is 152 g/mol. The van der Waals surface area contributed by atoms with Crippen LogP contribution in [0.4, 0.5) is 0 Å². The van der Waals surface area contributed by atoms with Crippen LogP contribution in [0.15, 0.2) is 11.6 Å². The molecule has 0 aromatic carbocycles. The Morgan fingerprint density at radius 2 is 2.50 bits per heavy atom. The van der Waals surface area contributed by atoms with Crippen molar-refractivity contribution in [3.05, 3.63) is 11.6 Å². The molecule has 0 amide bonds. The summed E-state index contributed by atoms with van der Waals surface area (Å²) < 4.78 is 5.41. The monoisotopic (exact) mass is 168 g/mol. The molecule has 1 aliphatic heterocycles. The maximum atomic E-state index is 8.90. The van der Waals surface area contributed by atoms with Gasteiger partial charge in [0.1, 0.15) is 0 Å². The Bertz CT molecular complexity index is 204. The van der Waals surface area contributed by atoms with E-state index in [1.807, 2.05) is 0 Å². The van der Waals surface area contributed by atoms with Gasteiger partial charge >= 0.3 is 0 Å². The average molecular weight is 168 g/mol. The molecule has 68 valence electrons. The van der Waals surface area contributed by atoms with Gasteiger partial charge < -0.3 is 9.84 Å². The summed E-state index contributed by atoms with van der Waals surface area (Å²) in [5.74, 6) is 0.688. The van der Waals surface area contributed by atoms with E-state index in [9.17, 15) is 0 Å². The van der Waals surface area contributed by atoms with E-state index < -0.39 is 0 Å². The summed E-state index contributed by atoms with van der Waals surface area (Å²) in [4.78, 5) is 0. The molecule has 12 heavy (non-hydrogen) atoms. The molecule has 1 saturated heterocycles. The van der Waals surface area contributed by atoms with Crippen LogP contribution in [0.5, 0.6) is 0 Å². The highest BCUT2D eigenvalue weighted by Crippen LogP contribution is 2.42. The Labute approximate surface area is 73.2 Å². The molecule has 0 saturated carbocycles. The SMILES string of the molecule is CC1(C2CC=C(CO)CC2)CO1. The van der Waals surface area contributed by atoms with Gasteiger partial charge in [-0.05, 0) is 37.7 Å². The summed E-state index contributed by atoms with van der Waals surface area (Å²) in [7, 11) is 0. The molecule has 2 nitrogen and oxygen atoms in total. The normalized spacial score (nSPS) is 40.8. The molecule has 2 heteroatoms. The zero-order valence-corrected chi connectivity index (χ0v) is 7.55. The fraction of sp³-hybridized carbons (Fsp3) is 0.800. The van der Waals surface area contributed by atoms with Crippen molar-refractivity contribution in [2.45, 2.75) is 31.8 Å². The molecule has 2 unspecified atom stereocenters. The van der Waals surface area contributed by atoms with Gasteiger partial charge in [0.15, 0.2) is 0 Å². The summed E-state index contributed by atoms with van der Waals surface area (Å²) in [5, 5.41) is 8.90. The van der Waals surface area contributed by atoms with Gasteiger partial charge in [-0.3, -0.25) is 0 Å². The van der Waals surface area contributed by atoms with Crippen LogP contribution < -0.4 is 0 Å². The maximum Gasteiger partial charge on any atom is 0.0919 e. The molecule has 1 N–H and O–H groups in total. The van der Waals surface area contributed by atoms with Gasteiger partial charge in [0.25, 0.3) is 0 Å². The average Bonchev–Trinajstić information content (AvgIpc) is 2.85. The first kappa shape index (κ1) is 8.27. The Morgan fingerprint density at radius 1 is 1.75 bits per heavy atom. The van der Waals surface area contributed by atoms with Crippen molar-refractivity contribution in [3.63, 3.8) is 0 Å². The number of allylic oxidation sites excluding steroid dienone is 1. The predicted octanol–water partition coefficient (Wildman–Crippen LogP) is 1.49. The second kappa shape index (κ2) is 2.86. The summed E-state index contributed by atoms with van der Waals surface area (Å²) >= 11 is 0. The standard InChI is InChI=1S/C10H16O2/c1-10(7-12-10)9-4-2-8(6-11)3-5-9/h2,9,11H,3-7H2,1H3. The minimum atomic E-state index is 0.178. The van der Waals surface area contributed by atoms with Crippen molar-refractivity contribution in [3.8, 4) is 0 Å². The molecule has 0 aromatic rings. The van der Waals surface area contributed by atoms with E-state index in [0.717, 1.165) is 19.4 Å². The molecule has 1 aliphatic carbocycles. The molecule has 2 rings (SSSR count). The van der Waals surface area contributed by atoms with Crippen molar-refractivity contribution in [1.29, 1.82) is 0 Å². The van der Waals surface area contributed by atoms with Crippen LogP contribution in [0, 0.1) is 5.92 Å². The Morgan fingerprint density at radius 3 is 2.92 bits per heavy atom. The molecule has 0 bridgehead atoms. The van der Waals surface area contributed by atoms with Gasteiger partial charge in [0.05, 0.1) is 18.8 Å². The quantitative estimate of drug-likeness (QED) is 0.500. The van der Waals surface area contributed by atoms with Gasteiger partial charge in [-0.1, -0.05) is 6.08 Å². The number of ether oxygens (including phenoxy) is 1. The lowest BCUT2D eigenvalue weighted by atomic mass is 9.82.